The predicted octanol–water partition coefficient (Wildman–Crippen LogP) is 2.63. The number of para-hydroxylation sites is 1. The molecule has 0 radical (unpaired) electrons. The summed E-state index contributed by atoms with van der Waals surface area (Å²) in [7, 11) is -3.91. The Hall–Kier alpha value is -2.01. The van der Waals surface area contributed by atoms with E-state index in [0.29, 0.717) is 19.2 Å². The van der Waals surface area contributed by atoms with Crippen LogP contribution in [0.3, 0.4) is 0 Å². The van der Waals surface area contributed by atoms with Gasteiger partial charge in [-0.15, -0.1) is 11.8 Å². The number of nitrogens with zero attached hydrogens (tertiary/aromatic N) is 2. The van der Waals surface area contributed by atoms with Gasteiger partial charge >= 0.3 is 0 Å². The van der Waals surface area contributed by atoms with E-state index in [1.54, 1.807) is 0 Å². The van der Waals surface area contributed by atoms with Gasteiger partial charge in [0.25, 0.3) is 0 Å². The van der Waals surface area contributed by atoms with Gasteiger partial charge < -0.3 is 5.32 Å². The van der Waals surface area contributed by atoms with E-state index in [0.717, 1.165) is 22.7 Å². The van der Waals surface area contributed by atoms with Crippen LogP contribution in [0.1, 0.15) is 0 Å². The van der Waals surface area contributed by atoms with Crippen LogP contribution < -0.4 is 5.32 Å². The Morgan fingerprint density at radius 2 is 1.76 bits per heavy atom. The maximum Gasteiger partial charge on any atom is 0.243 e. The third kappa shape index (κ3) is 5.13. The topological polar surface area (TPSA) is 69.7 Å². The van der Waals surface area contributed by atoms with Crippen molar-refractivity contribution in [2.75, 3.05) is 44.3 Å². The Labute approximate surface area is 172 Å². The number of rotatable bonds is 6. The Kier molecular flexibility index (Phi) is 6.89. The van der Waals surface area contributed by atoms with Crippen molar-refractivity contribution in [3.8, 4) is 0 Å². The first kappa shape index (κ1) is 21.7. The zero-order chi connectivity index (χ0) is 21.0. The number of hydrogen-bond acceptors (Lipinski definition) is 5. The second-order valence-electron chi connectivity index (χ2n) is 6.50. The van der Waals surface area contributed by atoms with E-state index in [9.17, 15) is 22.0 Å². The lowest BCUT2D eigenvalue weighted by molar-refractivity contribution is -0.117. The Morgan fingerprint density at radius 1 is 1.07 bits per heavy atom. The fraction of sp³-hybridized carbons (Fsp3) is 0.316. The molecule has 6 nitrogen and oxygen atoms in total. The molecular formula is C19H21F2N3O3S2. The summed E-state index contributed by atoms with van der Waals surface area (Å²) in [4.78, 5) is 14.9. The molecule has 1 fully saturated rings. The van der Waals surface area contributed by atoms with Crippen molar-refractivity contribution >= 4 is 33.4 Å². The number of sulfonamides is 1. The second-order valence-corrected chi connectivity index (χ2v) is 9.29. The SMILES string of the molecule is CSc1ccccc1NC(=O)CN1CCN(S(=O)(=O)c2ccc(F)c(F)c2)CC1. The van der Waals surface area contributed by atoms with Crippen LogP contribution in [0.25, 0.3) is 0 Å². The summed E-state index contributed by atoms with van der Waals surface area (Å²) in [6.45, 7) is 1.19. The number of carbonyl (C=O) groups excluding carboxylic acids is 1. The van der Waals surface area contributed by atoms with Crippen LogP contribution in [0, 0.1) is 11.6 Å². The van der Waals surface area contributed by atoms with E-state index in [1.807, 2.05) is 35.4 Å². The third-order valence-corrected chi connectivity index (χ3v) is 7.30. The van der Waals surface area contributed by atoms with Crippen molar-refractivity contribution < 1.29 is 22.0 Å². The first-order valence-electron chi connectivity index (χ1n) is 8.91. The minimum absolute atomic E-state index is 0.141. The van der Waals surface area contributed by atoms with Gasteiger partial charge in [-0.25, -0.2) is 17.2 Å². The average Bonchev–Trinajstić information content (AvgIpc) is 2.70. The summed E-state index contributed by atoms with van der Waals surface area (Å²) in [5.74, 6) is -2.47. The monoisotopic (exact) mass is 441 g/mol. The van der Waals surface area contributed by atoms with Crippen molar-refractivity contribution in [2.45, 2.75) is 9.79 Å². The van der Waals surface area contributed by atoms with Crippen molar-refractivity contribution in [1.82, 2.24) is 9.21 Å². The van der Waals surface area contributed by atoms with Crippen LogP contribution in [-0.2, 0) is 14.8 Å². The van der Waals surface area contributed by atoms with E-state index >= 15 is 0 Å². The van der Waals surface area contributed by atoms with Crippen LogP contribution in [0.15, 0.2) is 52.3 Å². The van der Waals surface area contributed by atoms with Gasteiger partial charge in [0, 0.05) is 31.1 Å². The molecule has 0 spiro atoms. The molecule has 156 valence electrons. The molecule has 10 heteroatoms. The van der Waals surface area contributed by atoms with Crippen molar-refractivity contribution in [1.29, 1.82) is 0 Å². The quantitative estimate of drug-likeness (QED) is 0.698. The van der Waals surface area contributed by atoms with Gasteiger partial charge in [0.05, 0.1) is 17.1 Å². The maximum atomic E-state index is 13.4. The van der Waals surface area contributed by atoms with E-state index < -0.39 is 21.7 Å². The summed E-state index contributed by atoms with van der Waals surface area (Å²) >= 11 is 1.53. The molecule has 0 saturated carbocycles. The summed E-state index contributed by atoms with van der Waals surface area (Å²) in [6, 6.07) is 10.0. The molecule has 1 saturated heterocycles. The standard InChI is InChI=1S/C19H21F2N3O3S2/c1-28-18-5-3-2-4-17(18)22-19(25)13-23-8-10-24(11-9-23)29(26,27)14-6-7-15(20)16(21)12-14/h2-7,12H,8-11,13H2,1H3,(H,22,25). The molecule has 1 N–H and O–H groups in total. The highest BCUT2D eigenvalue weighted by Crippen LogP contribution is 2.24. The second kappa shape index (κ2) is 9.21. The maximum absolute atomic E-state index is 13.4. The van der Waals surface area contributed by atoms with Crippen LogP contribution in [0.4, 0.5) is 14.5 Å². The predicted molar refractivity (Wildman–Crippen MR) is 108 cm³/mol. The molecule has 0 unspecified atom stereocenters. The van der Waals surface area contributed by atoms with Crippen LogP contribution in [-0.4, -0.2) is 62.5 Å². The van der Waals surface area contributed by atoms with E-state index in [-0.39, 0.29) is 30.4 Å². The average molecular weight is 442 g/mol. The Morgan fingerprint density at radius 3 is 2.41 bits per heavy atom. The summed E-state index contributed by atoms with van der Waals surface area (Å²) in [6.07, 6.45) is 1.93. The lowest BCUT2D eigenvalue weighted by atomic mass is 10.3. The van der Waals surface area contributed by atoms with Gasteiger partial charge in [0.2, 0.25) is 15.9 Å². The number of carbonyl (C=O) groups is 1. The summed E-state index contributed by atoms with van der Waals surface area (Å²) < 4.78 is 53.0. The van der Waals surface area contributed by atoms with E-state index in [1.165, 1.54) is 16.1 Å². The lowest BCUT2D eigenvalue weighted by Crippen LogP contribution is -2.50. The smallest absolute Gasteiger partial charge is 0.243 e. The lowest BCUT2D eigenvalue weighted by Gasteiger charge is -2.33. The number of benzene rings is 2. The fourth-order valence-electron chi connectivity index (χ4n) is 3.06. The molecular weight excluding hydrogens is 420 g/mol. The van der Waals surface area contributed by atoms with Gasteiger partial charge in [-0.3, -0.25) is 9.69 Å². The molecule has 2 aromatic rings. The highest BCUT2D eigenvalue weighted by atomic mass is 32.2. The summed E-state index contributed by atoms with van der Waals surface area (Å²) in [5.41, 5.74) is 0.740. The summed E-state index contributed by atoms with van der Waals surface area (Å²) in [5, 5.41) is 2.88. The van der Waals surface area contributed by atoms with Gasteiger partial charge in [-0.05, 0) is 36.6 Å². The molecule has 1 amide bonds. The van der Waals surface area contributed by atoms with Gasteiger partial charge in [0.1, 0.15) is 0 Å². The molecule has 1 aliphatic heterocycles. The normalized spacial score (nSPS) is 16.0. The fourth-order valence-corrected chi connectivity index (χ4v) is 5.04. The minimum Gasteiger partial charge on any atom is -0.324 e. The number of amides is 1. The number of piperazine rings is 1. The van der Waals surface area contributed by atoms with E-state index in [4.69, 9.17) is 0 Å². The third-order valence-electron chi connectivity index (χ3n) is 4.61. The van der Waals surface area contributed by atoms with Crippen molar-refractivity contribution in [3.63, 3.8) is 0 Å². The Bertz CT molecular complexity index is 994. The minimum atomic E-state index is -3.91. The molecule has 1 aliphatic rings. The molecule has 0 aromatic heterocycles. The first-order chi connectivity index (χ1) is 13.8. The number of hydrogen-bond donors (Lipinski definition) is 1. The molecule has 3 rings (SSSR count). The van der Waals surface area contributed by atoms with Crippen LogP contribution >= 0.6 is 11.8 Å². The molecule has 0 aliphatic carbocycles. The zero-order valence-corrected chi connectivity index (χ0v) is 17.4. The number of nitrogens with one attached hydrogen (secondary N) is 1. The molecule has 2 aromatic carbocycles. The molecule has 0 bridgehead atoms. The van der Waals surface area contributed by atoms with Crippen LogP contribution in [0.2, 0.25) is 0 Å². The zero-order valence-electron chi connectivity index (χ0n) is 15.8. The number of halogens is 2. The van der Waals surface area contributed by atoms with Gasteiger partial charge in [-0.2, -0.15) is 4.31 Å². The molecule has 29 heavy (non-hydrogen) atoms. The molecule has 1 heterocycles. The van der Waals surface area contributed by atoms with Crippen molar-refractivity contribution in [2.24, 2.45) is 0 Å². The molecule has 0 atom stereocenters. The van der Waals surface area contributed by atoms with Crippen LogP contribution in [0.5, 0.6) is 0 Å². The van der Waals surface area contributed by atoms with Crippen molar-refractivity contribution in [3.05, 3.63) is 54.1 Å². The Balaban J connectivity index is 1.57. The highest BCUT2D eigenvalue weighted by molar-refractivity contribution is 7.98. The van der Waals surface area contributed by atoms with Gasteiger partial charge in [0.15, 0.2) is 11.6 Å². The number of thioether (sulfide) groups is 1. The highest BCUT2D eigenvalue weighted by Gasteiger charge is 2.29. The van der Waals surface area contributed by atoms with Gasteiger partial charge in [-0.1, -0.05) is 12.1 Å². The first-order valence-corrected chi connectivity index (χ1v) is 11.6. The number of anilines is 1. The van der Waals surface area contributed by atoms with E-state index in [2.05, 4.69) is 5.32 Å². The largest absolute Gasteiger partial charge is 0.324 e.